The van der Waals surface area contributed by atoms with Gasteiger partial charge in [0.2, 0.25) is 11.8 Å². The molecule has 0 saturated heterocycles. The highest BCUT2D eigenvalue weighted by atomic mass is 79.9. The van der Waals surface area contributed by atoms with E-state index in [9.17, 15) is 9.59 Å². The SMILES string of the molecule is COCCCN(C)CC(=O)NCC(=O)Nc1ccccc1Br. The average Bonchev–Trinajstić information content (AvgIpc) is 2.48. The molecule has 2 N–H and O–H groups in total. The fraction of sp³-hybridized carbons (Fsp3) is 0.467. The third kappa shape index (κ3) is 7.53. The summed E-state index contributed by atoms with van der Waals surface area (Å²) in [5.41, 5.74) is 0.679. The predicted octanol–water partition coefficient (Wildman–Crippen LogP) is 1.47. The zero-order chi connectivity index (χ0) is 16.4. The third-order valence-corrected chi connectivity index (χ3v) is 3.59. The second-order valence-corrected chi connectivity index (χ2v) is 5.74. The first-order chi connectivity index (χ1) is 10.5. The number of para-hydroxylation sites is 1. The van der Waals surface area contributed by atoms with Crippen molar-refractivity contribution in [1.82, 2.24) is 10.2 Å². The van der Waals surface area contributed by atoms with Gasteiger partial charge in [-0.1, -0.05) is 12.1 Å². The molecule has 2 amide bonds. The van der Waals surface area contributed by atoms with Gasteiger partial charge in [0.05, 0.1) is 18.8 Å². The van der Waals surface area contributed by atoms with Crippen LogP contribution in [0.1, 0.15) is 6.42 Å². The van der Waals surface area contributed by atoms with E-state index in [1.807, 2.05) is 30.1 Å². The molecule has 1 aromatic carbocycles. The van der Waals surface area contributed by atoms with Crippen LogP contribution < -0.4 is 10.6 Å². The summed E-state index contributed by atoms with van der Waals surface area (Å²) >= 11 is 3.35. The molecule has 0 radical (unpaired) electrons. The number of methoxy groups -OCH3 is 1. The van der Waals surface area contributed by atoms with Crippen molar-refractivity contribution in [2.24, 2.45) is 0 Å². The number of carbonyl (C=O) groups is 2. The number of carbonyl (C=O) groups excluding carboxylic acids is 2. The Balaban J connectivity index is 2.26. The van der Waals surface area contributed by atoms with Crippen molar-refractivity contribution in [3.63, 3.8) is 0 Å². The van der Waals surface area contributed by atoms with Crippen LogP contribution in [0.2, 0.25) is 0 Å². The van der Waals surface area contributed by atoms with Crippen molar-refractivity contribution in [2.75, 3.05) is 45.7 Å². The van der Waals surface area contributed by atoms with Gasteiger partial charge < -0.3 is 15.4 Å². The summed E-state index contributed by atoms with van der Waals surface area (Å²) in [6, 6.07) is 7.31. The fourth-order valence-corrected chi connectivity index (χ4v) is 2.18. The number of hydrogen-bond donors (Lipinski definition) is 2. The summed E-state index contributed by atoms with van der Waals surface area (Å²) in [6.07, 6.45) is 0.864. The minimum atomic E-state index is -0.262. The van der Waals surface area contributed by atoms with Gasteiger partial charge in [0.15, 0.2) is 0 Å². The normalized spacial score (nSPS) is 10.5. The molecule has 0 aliphatic rings. The van der Waals surface area contributed by atoms with Crippen LogP contribution in [0.5, 0.6) is 0 Å². The van der Waals surface area contributed by atoms with Gasteiger partial charge in [-0.25, -0.2) is 0 Å². The van der Waals surface area contributed by atoms with E-state index in [-0.39, 0.29) is 24.9 Å². The predicted molar refractivity (Wildman–Crippen MR) is 89.8 cm³/mol. The molecular weight excluding hydrogens is 350 g/mol. The number of anilines is 1. The molecule has 22 heavy (non-hydrogen) atoms. The maximum absolute atomic E-state index is 11.8. The Labute approximate surface area is 139 Å². The molecular formula is C15H22BrN3O3. The molecule has 122 valence electrons. The van der Waals surface area contributed by atoms with Crippen LogP contribution in [-0.4, -0.2) is 57.1 Å². The van der Waals surface area contributed by atoms with Gasteiger partial charge >= 0.3 is 0 Å². The molecule has 7 heteroatoms. The second kappa shape index (κ2) is 10.3. The average molecular weight is 372 g/mol. The molecule has 0 bridgehead atoms. The van der Waals surface area contributed by atoms with E-state index in [1.165, 1.54) is 0 Å². The molecule has 0 spiro atoms. The summed E-state index contributed by atoms with van der Waals surface area (Å²) < 4.78 is 5.76. The van der Waals surface area contributed by atoms with Crippen LogP contribution in [0, 0.1) is 0 Å². The minimum Gasteiger partial charge on any atom is -0.385 e. The zero-order valence-corrected chi connectivity index (χ0v) is 14.5. The first-order valence-electron chi connectivity index (χ1n) is 7.01. The molecule has 0 heterocycles. The maximum atomic E-state index is 11.8. The summed E-state index contributed by atoms with van der Waals surface area (Å²) in [5.74, 6) is -0.440. The molecule has 1 rings (SSSR count). The van der Waals surface area contributed by atoms with Crippen LogP contribution >= 0.6 is 15.9 Å². The van der Waals surface area contributed by atoms with Crippen molar-refractivity contribution in [2.45, 2.75) is 6.42 Å². The summed E-state index contributed by atoms with van der Waals surface area (Å²) in [5, 5.41) is 5.33. The summed E-state index contributed by atoms with van der Waals surface area (Å²) in [7, 11) is 3.51. The van der Waals surface area contributed by atoms with Crippen molar-refractivity contribution < 1.29 is 14.3 Å². The third-order valence-electron chi connectivity index (χ3n) is 2.90. The second-order valence-electron chi connectivity index (χ2n) is 4.89. The van der Waals surface area contributed by atoms with E-state index in [4.69, 9.17) is 4.74 Å². The van der Waals surface area contributed by atoms with Gasteiger partial charge in [0.25, 0.3) is 0 Å². The van der Waals surface area contributed by atoms with Crippen molar-refractivity contribution >= 4 is 33.4 Å². The molecule has 0 atom stereocenters. The number of amides is 2. The van der Waals surface area contributed by atoms with Crippen LogP contribution in [-0.2, 0) is 14.3 Å². The van der Waals surface area contributed by atoms with Gasteiger partial charge in [0, 0.05) is 24.7 Å². The Morgan fingerprint density at radius 3 is 2.68 bits per heavy atom. The topological polar surface area (TPSA) is 70.7 Å². The van der Waals surface area contributed by atoms with E-state index in [0.29, 0.717) is 12.3 Å². The quantitative estimate of drug-likeness (QED) is 0.644. The molecule has 0 aliphatic heterocycles. The molecule has 0 fully saturated rings. The van der Waals surface area contributed by atoms with E-state index < -0.39 is 0 Å². The molecule has 1 aromatic rings. The fourth-order valence-electron chi connectivity index (χ4n) is 1.79. The number of likely N-dealkylation sites (N-methyl/N-ethyl adjacent to an activating group) is 1. The zero-order valence-electron chi connectivity index (χ0n) is 12.9. The Hall–Kier alpha value is -1.44. The largest absolute Gasteiger partial charge is 0.385 e. The lowest BCUT2D eigenvalue weighted by Gasteiger charge is -2.15. The van der Waals surface area contributed by atoms with Gasteiger partial charge in [-0.2, -0.15) is 0 Å². The standard InChI is InChI=1S/C15H22BrN3O3/c1-19(8-5-9-22-2)11-15(21)17-10-14(20)18-13-7-4-3-6-12(13)16/h3-4,6-7H,5,8-11H2,1-2H3,(H,17,21)(H,18,20). The number of nitrogens with one attached hydrogen (secondary N) is 2. The van der Waals surface area contributed by atoms with E-state index in [2.05, 4.69) is 26.6 Å². The van der Waals surface area contributed by atoms with E-state index >= 15 is 0 Å². The number of halogens is 1. The van der Waals surface area contributed by atoms with Crippen LogP contribution in [0.25, 0.3) is 0 Å². The highest BCUT2D eigenvalue weighted by Gasteiger charge is 2.09. The van der Waals surface area contributed by atoms with Gasteiger partial charge in [-0.15, -0.1) is 0 Å². The smallest absolute Gasteiger partial charge is 0.243 e. The Kier molecular flexibility index (Phi) is 8.72. The van der Waals surface area contributed by atoms with E-state index in [1.54, 1.807) is 13.2 Å². The first-order valence-corrected chi connectivity index (χ1v) is 7.80. The number of benzene rings is 1. The van der Waals surface area contributed by atoms with Crippen molar-refractivity contribution in [3.8, 4) is 0 Å². The molecule has 6 nitrogen and oxygen atoms in total. The Bertz CT molecular complexity index is 497. The van der Waals surface area contributed by atoms with Crippen molar-refractivity contribution in [3.05, 3.63) is 28.7 Å². The monoisotopic (exact) mass is 371 g/mol. The van der Waals surface area contributed by atoms with Crippen molar-refractivity contribution in [1.29, 1.82) is 0 Å². The Morgan fingerprint density at radius 1 is 1.27 bits per heavy atom. The lowest BCUT2D eigenvalue weighted by Crippen LogP contribution is -2.39. The molecule has 0 saturated carbocycles. The minimum absolute atomic E-state index is 0.0495. The van der Waals surface area contributed by atoms with Crippen LogP contribution in [0.15, 0.2) is 28.7 Å². The Morgan fingerprint density at radius 2 is 2.00 bits per heavy atom. The lowest BCUT2D eigenvalue weighted by molar-refractivity contribution is -0.124. The highest BCUT2D eigenvalue weighted by molar-refractivity contribution is 9.10. The maximum Gasteiger partial charge on any atom is 0.243 e. The van der Waals surface area contributed by atoms with Crippen LogP contribution in [0.3, 0.4) is 0 Å². The molecule has 0 aliphatic carbocycles. The van der Waals surface area contributed by atoms with E-state index in [0.717, 1.165) is 17.4 Å². The summed E-state index contributed by atoms with van der Waals surface area (Å²) in [6.45, 7) is 1.64. The van der Waals surface area contributed by atoms with Gasteiger partial charge in [0.1, 0.15) is 0 Å². The van der Waals surface area contributed by atoms with Gasteiger partial charge in [-0.3, -0.25) is 14.5 Å². The molecule has 0 unspecified atom stereocenters. The lowest BCUT2D eigenvalue weighted by atomic mass is 10.3. The number of rotatable bonds is 9. The van der Waals surface area contributed by atoms with Gasteiger partial charge in [-0.05, 0) is 41.5 Å². The number of hydrogen-bond acceptors (Lipinski definition) is 4. The number of nitrogens with zero attached hydrogens (tertiary/aromatic N) is 1. The van der Waals surface area contributed by atoms with Crippen LogP contribution in [0.4, 0.5) is 5.69 Å². The molecule has 0 aromatic heterocycles. The number of ether oxygens (including phenoxy) is 1. The highest BCUT2D eigenvalue weighted by Crippen LogP contribution is 2.20. The first kappa shape index (κ1) is 18.6. The summed E-state index contributed by atoms with van der Waals surface area (Å²) in [4.78, 5) is 25.4.